The van der Waals surface area contributed by atoms with Gasteiger partial charge in [0.05, 0.1) is 6.10 Å². The molecule has 1 atom stereocenters. The first-order valence-corrected chi connectivity index (χ1v) is 11.5. The maximum atomic E-state index is 13.4. The van der Waals surface area contributed by atoms with Crippen LogP contribution >= 0.6 is 0 Å². The lowest BCUT2D eigenvalue weighted by Gasteiger charge is -2.35. The molecule has 3 heterocycles. The van der Waals surface area contributed by atoms with E-state index >= 15 is 0 Å². The van der Waals surface area contributed by atoms with Crippen LogP contribution < -0.4 is 0 Å². The zero-order valence-electron chi connectivity index (χ0n) is 18.6. The summed E-state index contributed by atoms with van der Waals surface area (Å²) in [7, 11) is 0. The second-order valence-electron chi connectivity index (χ2n) is 8.73. The zero-order chi connectivity index (χ0) is 22.6. The molecule has 5 rings (SSSR count). The van der Waals surface area contributed by atoms with Crippen LogP contribution in [0.3, 0.4) is 0 Å². The average molecular weight is 449 g/mol. The molecule has 2 aromatic carbocycles. The number of halogens is 1. The van der Waals surface area contributed by atoms with Crippen LogP contribution in [0.25, 0.3) is 16.6 Å². The third kappa shape index (κ3) is 5.13. The second-order valence-corrected chi connectivity index (χ2v) is 8.73. The molecular weight excluding hydrogens is 419 g/mol. The van der Waals surface area contributed by atoms with E-state index in [1.165, 1.54) is 23.1 Å². The van der Waals surface area contributed by atoms with Gasteiger partial charge >= 0.3 is 0 Å². The van der Waals surface area contributed by atoms with E-state index in [0.29, 0.717) is 12.1 Å². The van der Waals surface area contributed by atoms with E-state index in [1.54, 1.807) is 24.8 Å². The van der Waals surface area contributed by atoms with Crippen LogP contribution in [-0.2, 0) is 6.42 Å². The minimum absolute atomic E-state index is 0.304. The van der Waals surface area contributed by atoms with Crippen LogP contribution in [-0.4, -0.2) is 73.9 Å². The number of aryl methyl sites for hydroxylation is 1. The average Bonchev–Trinajstić information content (AvgIpc) is 3.50. The minimum atomic E-state index is -0.655. The van der Waals surface area contributed by atoms with Crippen molar-refractivity contribution in [2.45, 2.75) is 18.9 Å². The number of nitrogens with one attached hydrogen (secondary N) is 1. The lowest BCUT2D eigenvalue weighted by Crippen LogP contribution is -2.47. The molecule has 33 heavy (non-hydrogen) atoms. The van der Waals surface area contributed by atoms with E-state index in [4.69, 9.17) is 0 Å². The molecule has 0 saturated carbocycles. The summed E-state index contributed by atoms with van der Waals surface area (Å²) in [5.74, 6) is -0.304. The summed E-state index contributed by atoms with van der Waals surface area (Å²) < 4.78 is 15.3. The highest BCUT2D eigenvalue weighted by atomic mass is 19.1. The smallest absolute Gasteiger partial charge is 0.123 e. The first kappa shape index (κ1) is 21.8. The summed E-state index contributed by atoms with van der Waals surface area (Å²) in [6.45, 7) is 5.41. The van der Waals surface area contributed by atoms with Gasteiger partial charge in [-0.05, 0) is 60.8 Å². The number of H-pyrrole nitrogens is 1. The number of hydrogen-bond acceptors (Lipinski definition) is 5. The molecule has 8 heteroatoms. The van der Waals surface area contributed by atoms with Gasteiger partial charge < -0.3 is 15.0 Å². The number of aliphatic hydroxyl groups excluding tert-OH is 1. The molecule has 0 aliphatic carbocycles. The number of nitrogens with zero attached hydrogens (tertiary/aromatic N) is 5. The Morgan fingerprint density at radius 1 is 1.00 bits per heavy atom. The maximum absolute atomic E-state index is 13.4. The summed E-state index contributed by atoms with van der Waals surface area (Å²) in [6, 6.07) is 12.6. The number of rotatable bonds is 8. The highest BCUT2D eigenvalue weighted by Crippen LogP contribution is 2.23. The fourth-order valence-corrected chi connectivity index (χ4v) is 4.62. The number of aliphatic hydroxyl groups is 1. The molecule has 4 aromatic rings. The Morgan fingerprint density at radius 3 is 2.58 bits per heavy atom. The van der Waals surface area contributed by atoms with Gasteiger partial charge in [0.1, 0.15) is 18.5 Å². The van der Waals surface area contributed by atoms with Gasteiger partial charge in [-0.25, -0.2) is 4.39 Å². The Labute approximate surface area is 192 Å². The first-order chi connectivity index (χ1) is 16.2. The van der Waals surface area contributed by atoms with E-state index in [9.17, 15) is 9.50 Å². The number of aromatic amines is 1. The van der Waals surface area contributed by atoms with E-state index in [1.807, 2.05) is 4.57 Å². The summed E-state index contributed by atoms with van der Waals surface area (Å²) in [4.78, 5) is 8.13. The van der Waals surface area contributed by atoms with Gasteiger partial charge in [0.2, 0.25) is 0 Å². The molecule has 1 fully saturated rings. The van der Waals surface area contributed by atoms with Gasteiger partial charge in [0, 0.05) is 55.5 Å². The summed E-state index contributed by atoms with van der Waals surface area (Å²) in [5, 5.41) is 19.5. The van der Waals surface area contributed by atoms with Crippen molar-refractivity contribution < 1.29 is 9.50 Å². The quantitative estimate of drug-likeness (QED) is 0.433. The second kappa shape index (κ2) is 9.82. The molecule has 0 bridgehead atoms. The van der Waals surface area contributed by atoms with Gasteiger partial charge in [-0.3, -0.25) is 9.47 Å². The SMILES string of the molecule is OC(CN1CCN(CCCc2c[nH]c3ccc(-n4cnnc4)cc23)CC1)c1cccc(F)c1. The Balaban J connectivity index is 1.10. The Morgan fingerprint density at radius 2 is 1.79 bits per heavy atom. The third-order valence-electron chi connectivity index (χ3n) is 6.52. The molecule has 1 saturated heterocycles. The van der Waals surface area contributed by atoms with Crippen molar-refractivity contribution in [3.8, 4) is 5.69 Å². The molecule has 7 nitrogen and oxygen atoms in total. The molecule has 1 aliphatic heterocycles. The van der Waals surface area contributed by atoms with Crippen LogP contribution in [0, 0.1) is 5.82 Å². The highest BCUT2D eigenvalue weighted by molar-refractivity contribution is 5.85. The Hall–Kier alpha value is -3.07. The molecule has 0 radical (unpaired) electrons. The van der Waals surface area contributed by atoms with E-state index in [-0.39, 0.29) is 5.82 Å². The van der Waals surface area contributed by atoms with E-state index in [0.717, 1.165) is 56.8 Å². The van der Waals surface area contributed by atoms with Gasteiger partial charge in [0.15, 0.2) is 0 Å². The van der Waals surface area contributed by atoms with Gasteiger partial charge in [-0.1, -0.05) is 12.1 Å². The fourth-order valence-electron chi connectivity index (χ4n) is 4.62. The first-order valence-electron chi connectivity index (χ1n) is 11.5. The monoisotopic (exact) mass is 448 g/mol. The number of fused-ring (bicyclic) bond motifs is 1. The van der Waals surface area contributed by atoms with Crippen molar-refractivity contribution in [3.05, 3.63) is 78.3 Å². The number of benzene rings is 2. The normalized spacial score (nSPS) is 16.4. The number of piperazine rings is 1. The number of hydrogen-bond donors (Lipinski definition) is 2. The van der Waals surface area contributed by atoms with Crippen molar-refractivity contribution in [1.82, 2.24) is 29.5 Å². The van der Waals surface area contributed by atoms with Crippen LogP contribution in [0.15, 0.2) is 61.3 Å². The lowest BCUT2D eigenvalue weighted by atomic mass is 10.1. The van der Waals surface area contributed by atoms with Gasteiger partial charge in [-0.2, -0.15) is 0 Å². The largest absolute Gasteiger partial charge is 0.387 e. The van der Waals surface area contributed by atoms with Crippen LogP contribution in [0.1, 0.15) is 23.7 Å². The topological polar surface area (TPSA) is 73.2 Å². The van der Waals surface area contributed by atoms with Crippen LogP contribution in [0.2, 0.25) is 0 Å². The number of aromatic nitrogens is 4. The van der Waals surface area contributed by atoms with Crippen molar-refractivity contribution in [2.24, 2.45) is 0 Å². The summed E-state index contributed by atoms with van der Waals surface area (Å²) >= 11 is 0. The molecule has 0 spiro atoms. The van der Waals surface area contributed by atoms with Crippen LogP contribution in [0.4, 0.5) is 4.39 Å². The zero-order valence-corrected chi connectivity index (χ0v) is 18.6. The highest BCUT2D eigenvalue weighted by Gasteiger charge is 2.20. The van der Waals surface area contributed by atoms with Crippen molar-refractivity contribution >= 4 is 10.9 Å². The molecule has 2 aromatic heterocycles. The van der Waals surface area contributed by atoms with Gasteiger partial charge in [-0.15, -0.1) is 10.2 Å². The predicted octanol–water partition coefficient (Wildman–Crippen LogP) is 3.17. The summed E-state index contributed by atoms with van der Waals surface area (Å²) in [6.07, 6.45) is 7.00. The number of β-amino-alcohol motifs (C(OH)–C–C–N with tert-alkyl or cyclic N) is 1. The molecule has 0 amide bonds. The molecule has 172 valence electrons. The summed E-state index contributed by atoms with van der Waals surface area (Å²) in [5.41, 5.74) is 4.18. The van der Waals surface area contributed by atoms with Gasteiger partial charge in [0.25, 0.3) is 0 Å². The molecule has 1 unspecified atom stereocenters. The standard InChI is InChI=1S/C25H29FN6O/c26-21-5-1-3-19(13-21)25(33)16-31-11-9-30(10-12-31)8-2-4-20-15-27-24-7-6-22(14-23(20)24)32-17-28-29-18-32/h1,3,5-7,13-15,17-18,25,27,33H,2,4,8-12,16H2. The lowest BCUT2D eigenvalue weighted by molar-refractivity contribution is 0.0721. The van der Waals surface area contributed by atoms with E-state index < -0.39 is 6.10 Å². The molecule has 2 N–H and O–H groups in total. The predicted molar refractivity (Wildman–Crippen MR) is 126 cm³/mol. The Bertz CT molecular complexity index is 1180. The maximum Gasteiger partial charge on any atom is 0.123 e. The molecular formula is C25H29FN6O. The van der Waals surface area contributed by atoms with Crippen molar-refractivity contribution in [1.29, 1.82) is 0 Å². The molecule has 1 aliphatic rings. The minimum Gasteiger partial charge on any atom is -0.387 e. The fraction of sp³-hybridized carbons (Fsp3) is 0.360. The van der Waals surface area contributed by atoms with Crippen LogP contribution in [0.5, 0.6) is 0 Å². The third-order valence-corrected chi connectivity index (χ3v) is 6.52. The van der Waals surface area contributed by atoms with Crippen molar-refractivity contribution in [3.63, 3.8) is 0 Å². The Kier molecular flexibility index (Phi) is 6.48. The van der Waals surface area contributed by atoms with E-state index in [2.05, 4.69) is 49.4 Å². The van der Waals surface area contributed by atoms with Crippen molar-refractivity contribution in [2.75, 3.05) is 39.3 Å².